The molecule has 1 N–H and O–H groups in total. The number of para-hydroxylation sites is 1. The Morgan fingerprint density at radius 2 is 1.71 bits per heavy atom. The molecule has 11 heteroatoms. The molecule has 2 aromatic carbocycles. The molecule has 0 bridgehead atoms. The molecule has 2 amide bonds. The van der Waals surface area contributed by atoms with Crippen molar-refractivity contribution in [2.45, 2.75) is 57.9 Å². The van der Waals surface area contributed by atoms with Crippen molar-refractivity contribution in [3.63, 3.8) is 0 Å². The van der Waals surface area contributed by atoms with Gasteiger partial charge in [0.25, 0.3) is 0 Å². The third-order valence-electron chi connectivity index (χ3n) is 6.57. The molecule has 3 aromatic rings. The van der Waals surface area contributed by atoms with Crippen molar-refractivity contribution >= 4 is 34.8 Å². The number of carbonyl (C=O) groups is 4. The van der Waals surface area contributed by atoms with Gasteiger partial charge in [-0.25, -0.2) is 19.4 Å². The van der Waals surface area contributed by atoms with Crippen molar-refractivity contribution in [3.05, 3.63) is 71.8 Å². The van der Waals surface area contributed by atoms with Gasteiger partial charge in [-0.3, -0.25) is 9.69 Å². The number of benzene rings is 2. The quantitative estimate of drug-likeness (QED) is 0.230. The molecule has 1 fully saturated rings. The molecular weight excluding hydrogens is 542 g/mol. The lowest BCUT2D eigenvalue weighted by Crippen LogP contribution is -2.56. The molecule has 42 heavy (non-hydrogen) atoms. The molecule has 1 saturated heterocycles. The SMILES string of the molecule is COc1nc2ccccc2cc1C(=O)COC(=O)[C@@H]1CC(NC(=O)OCc2ccccc2)CCN1C(=O)OC(C)(C)C. The molecule has 2 atom stereocenters. The summed E-state index contributed by atoms with van der Waals surface area (Å²) in [6.07, 6.45) is -0.926. The standard InChI is InChI=1S/C31H35N3O8/c1-31(2,3)42-30(38)34-15-14-22(32-29(37)41-18-20-10-6-5-7-11-20)17-25(34)28(36)40-19-26(35)23-16-21-12-8-9-13-24(21)33-27(23)39-4/h5-13,16,22,25H,14-15,17-19H2,1-4H3,(H,32,37)/t22?,25-/m0/s1. The maximum absolute atomic E-state index is 13.3. The largest absolute Gasteiger partial charge is 0.480 e. The van der Waals surface area contributed by atoms with Crippen LogP contribution < -0.4 is 10.1 Å². The van der Waals surface area contributed by atoms with E-state index < -0.39 is 48.2 Å². The van der Waals surface area contributed by atoms with E-state index in [4.69, 9.17) is 18.9 Å². The van der Waals surface area contributed by atoms with Crippen molar-refractivity contribution in [2.24, 2.45) is 0 Å². The molecule has 11 nitrogen and oxygen atoms in total. The van der Waals surface area contributed by atoms with Gasteiger partial charge < -0.3 is 24.3 Å². The average Bonchev–Trinajstić information content (AvgIpc) is 2.97. The highest BCUT2D eigenvalue weighted by Gasteiger charge is 2.40. The van der Waals surface area contributed by atoms with E-state index in [0.717, 1.165) is 10.9 Å². The summed E-state index contributed by atoms with van der Waals surface area (Å²) in [6, 6.07) is 16.5. The minimum atomic E-state index is -1.10. The molecule has 0 spiro atoms. The summed E-state index contributed by atoms with van der Waals surface area (Å²) in [5.41, 5.74) is 0.852. The molecule has 4 rings (SSSR count). The molecule has 0 aliphatic carbocycles. The molecule has 1 aromatic heterocycles. The summed E-state index contributed by atoms with van der Waals surface area (Å²) in [5.74, 6) is -1.20. The van der Waals surface area contributed by atoms with Crippen LogP contribution in [0, 0.1) is 0 Å². The summed E-state index contributed by atoms with van der Waals surface area (Å²) >= 11 is 0. The fourth-order valence-corrected chi connectivity index (χ4v) is 4.55. The first kappa shape index (κ1) is 30.3. The van der Waals surface area contributed by atoms with Gasteiger partial charge >= 0.3 is 18.2 Å². The molecule has 1 unspecified atom stereocenters. The second kappa shape index (κ2) is 13.3. The molecule has 2 heterocycles. The number of pyridine rings is 1. The molecule has 1 aliphatic heterocycles. The first-order chi connectivity index (χ1) is 20.0. The molecule has 0 saturated carbocycles. The summed E-state index contributed by atoms with van der Waals surface area (Å²) in [7, 11) is 1.40. The van der Waals surface area contributed by atoms with Crippen LogP contribution in [0.2, 0.25) is 0 Å². The number of rotatable bonds is 8. The van der Waals surface area contributed by atoms with Crippen LogP contribution >= 0.6 is 0 Å². The van der Waals surface area contributed by atoms with E-state index in [1.54, 1.807) is 32.9 Å². The number of hydrogen-bond acceptors (Lipinski definition) is 9. The lowest BCUT2D eigenvalue weighted by Gasteiger charge is -2.38. The monoisotopic (exact) mass is 577 g/mol. The topological polar surface area (TPSA) is 133 Å². The molecule has 0 radical (unpaired) electrons. The highest BCUT2D eigenvalue weighted by Crippen LogP contribution is 2.25. The zero-order chi connectivity index (χ0) is 30.3. The Morgan fingerprint density at radius 3 is 2.43 bits per heavy atom. The zero-order valence-corrected chi connectivity index (χ0v) is 24.1. The Balaban J connectivity index is 1.43. The van der Waals surface area contributed by atoms with Crippen LogP contribution in [0.15, 0.2) is 60.7 Å². The number of methoxy groups -OCH3 is 1. The van der Waals surface area contributed by atoms with Gasteiger partial charge in [0.2, 0.25) is 11.7 Å². The van der Waals surface area contributed by atoms with Crippen LogP contribution in [0.5, 0.6) is 5.88 Å². The summed E-state index contributed by atoms with van der Waals surface area (Å²) in [4.78, 5) is 57.5. The van der Waals surface area contributed by atoms with Crippen molar-refractivity contribution < 1.29 is 38.1 Å². The highest BCUT2D eigenvalue weighted by molar-refractivity contribution is 6.02. The van der Waals surface area contributed by atoms with E-state index in [1.807, 2.05) is 48.5 Å². The Morgan fingerprint density at radius 1 is 1.00 bits per heavy atom. The Bertz CT molecular complexity index is 1440. The molecular formula is C31H35N3O8. The second-order valence-corrected chi connectivity index (χ2v) is 10.9. The van der Waals surface area contributed by atoms with Crippen LogP contribution in [0.25, 0.3) is 10.9 Å². The normalized spacial score (nSPS) is 16.8. The second-order valence-electron chi connectivity index (χ2n) is 10.9. The maximum Gasteiger partial charge on any atom is 0.411 e. The van der Waals surface area contributed by atoms with Crippen LogP contribution in [0.1, 0.15) is 49.5 Å². The summed E-state index contributed by atoms with van der Waals surface area (Å²) in [6.45, 7) is 4.78. The lowest BCUT2D eigenvalue weighted by molar-refractivity contribution is -0.150. The smallest absolute Gasteiger partial charge is 0.411 e. The predicted octanol–water partition coefficient (Wildman–Crippen LogP) is 4.66. The van der Waals surface area contributed by atoms with Crippen molar-refractivity contribution in [1.82, 2.24) is 15.2 Å². The highest BCUT2D eigenvalue weighted by atomic mass is 16.6. The van der Waals surface area contributed by atoms with Gasteiger partial charge in [-0.05, 0) is 51.3 Å². The Hall–Kier alpha value is -4.67. The number of alkyl carbamates (subject to hydrolysis) is 1. The third kappa shape index (κ3) is 7.96. The Labute approximate surface area is 244 Å². The predicted molar refractivity (Wildman–Crippen MR) is 153 cm³/mol. The summed E-state index contributed by atoms with van der Waals surface area (Å²) in [5, 5.41) is 3.49. The number of ether oxygens (including phenoxy) is 4. The number of carbonyl (C=O) groups excluding carboxylic acids is 4. The van der Waals surface area contributed by atoms with Crippen molar-refractivity contribution in [2.75, 3.05) is 20.3 Å². The number of piperidine rings is 1. The number of amides is 2. The van der Waals surface area contributed by atoms with E-state index in [0.29, 0.717) is 11.9 Å². The van der Waals surface area contributed by atoms with Gasteiger partial charge in [-0.2, -0.15) is 0 Å². The number of aromatic nitrogens is 1. The third-order valence-corrected chi connectivity index (χ3v) is 6.57. The van der Waals surface area contributed by atoms with Crippen LogP contribution in [-0.4, -0.2) is 71.8 Å². The van der Waals surface area contributed by atoms with E-state index in [-0.39, 0.29) is 31.0 Å². The minimum absolute atomic E-state index is 0.0492. The van der Waals surface area contributed by atoms with E-state index in [1.165, 1.54) is 12.0 Å². The van der Waals surface area contributed by atoms with E-state index in [2.05, 4.69) is 10.3 Å². The summed E-state index contributed by atoms with van der Waals surface area (Å²) < 4.78 is 21.5. The number of ketones is 1. The van der Waals surface area contributed by atoms with Gasteiger partial charge in [-0.1, -0.05) is 48.5 Å². The fourth-order valence-electron chi connectivity index (χ4n) is 4.55. The van der Waals surface area contributed by atoms with Gasteiger partial charge in [0.05, 0.1) is 18.2 Å². The molecule has 222 valence electrons. The lowest BCUT2D eigenvalue weighted by atomic mass is 9.97. The fraction of sp³-hybridized carbons (Fsp3) is 0.387. The molecule has 1 aliphatic rings. The van der Waals surface area contributed by atoms with Gasteiger partial charge in [0.1, 0.15) is 18.2 Å². The Kier molecular flexibility index (Phi) is 9.61. The van der Waals surface area contributed by atoms with Gasteiger partial charge in [-0.15, -0.1) is 0 Å². The number of hydrogen-bond donors (Lipinski definition) is 1. The van der Waals surface area contributed by atoms with Crippen LogP contribution in [0.4, 0.5) is 9.59 Å². The first-order valence-corrected chi connectivity index (χ1v) is 13.6. The van der Waals surface area contributed by atoms with Crippen LogP contribution in [-0.2, 0) is 25.6 Å². The number of likely N-dealkylation sites (tertiary alicyclic amines) is 1. The van der Waals surface area contributed by atoms with Gasteiger partial charge in [0.15, 0.2) is 6.61 Å². The van der Waals surface area contributed by atoms with E-state index in [9.17, 15) is 19.2 Å². The van der Waals surface area contributed by atoms with Crippen molar-refractivity contribution in [1.29, 1.82) is 0 Å². The number of nitrogens with one attached hydrogen (secondary N) is 1. The number of esters is 1. The average molecular weight is 578 g/mol. The number of fused-ring (bicyclic) bond motifs is 1. The van der Waals surface area contributed by atoms with E-state index >= 15 is 0 Å². The number of nitrogens with zero attached hydrogens (tertiary/aromatic N) is 2. The van der Waals surface area contributed by atoms with Gasteiger partial charge in [0, 0.05) is 18.0 Å². The zero-order valence-electron chi connectivity index (χ0n) is 24.1. The van der Waals surface area contributed by atoms with Crippen molar-refractivity contribution in [3.8, 4) is 5.88 Å². The minimum Gasteiger partial charge on any atom is -0.480 e. The first-order valence-electron chi connectivity index (χ1n) is 13.6. The number of Topliss-reactive ketones (excluding diaryl/α,β-unsaturated/α-hetero) is 1. The van der Waals surface area contributed by atoms with Crippen LogP contribution in [0.3, 0.4) is 0 Å². The maximum atomic E-state index is 13.3.